The zero-order chi connectivity index (χ0) is 13.9. The van der Waals surface area contributed by atoms with Crippen molar-refractivity contribution in [2.75, 3.05) is 18.0 Å². The Hall–Kier alpha value is -2.36. The van der Waals surface area contributed by atoms with Gasteiger partial charge >= 0.3 is 0 Å². The summed E-state index contributed by atoms with van der Waals surface area (Å²) in [7, 11) is 0. The Kier molecular flexibility index (Phi) is 3.37. The van der Waals surface area contributed by atoms with E-state index in [2.05, 4.69) is 9.88 Å². The summed E-state index contributed by atoms with van der Waals surface area (Å²) < 4.78 is 0. The summed E-state index contributed by atoms with van der Waals surface area (Å²) in [5.74, 6) is -0.372. The molecule has 1 fully saturated rings. The molecular formula is C16H17N3O. The van der Waals surface area contributed by atoms with Gasteiger partial charge in [0.1, 0.15) is 0 Å². The second-order valence-electron chi connectivity index (χ2n) is 5.00. The van der Waals surface area contributed by atoms with Crippen LogP contribution in [0, 0.1) is 0 Å². The number of benzene rings is 1. The Morgan fingerprint density at radius 2 is 1.80 bits per heavy atom. The van der Waals surface area contributed by atoms with Gasteiger partial charge in [-0.1, -0.05) is 12.1 Å². The highest BCUT2D eigenvalue weighted by Crippen LogP contribution is 2.35. The number of rotatable bonds is 3. The largest absolute Gasteiger partial charge is 0.370 e. The van der Waals surface area contributed by atoms with Crippen LogP contribution >= 0.6 is 0 Å². The van der Waals surface area contributed by atoms with Gasteiger partial charge in [0, 0.05) is 31.0 Å². The summed E-state index contributed by atoms with van der Waals surface area (Å²) in [6.07, 6.45) is 5.84. The van der Waals surface area contributed by atoms with Crippen molar-refractivity contribution < 1.29 is 4.79 Å². The Morgan fingerprint density at radius 3 is 2.45 bits per heavy atom. The standard InChI is InChI=1S/C16H17N3O/c17-16(20)14-5-3-4-13(12-6-8-18-9-7-12)15(14)19-10-1-2-11-19/h3-9H,1-2,10-11H2,(H2,17,20). The van der Waals surface area contributed by atoms with Crippen LogP contribution in [-0.2, 0) is 0 Å². The zero-order valence-corrected chi connectivity index (χ0v) is 11.2. The van der Waals surface area contributed by atoms with E-state index in [1.807, 2.05) is 24.3 Å². The molecule has 0 saturated carbocycles. The summed E-state index contributed by atoms with van der Waals surface area (Å²) in [6, 6.07) is 9.64. The second-order valence-corrected chi connectivity index (χ2v) is 5.00. The molecule has 1 aromatic carbocycles. The highest BCUT2D eigenvalue weighted by Gasteiger charge is 2.21. The molecule has 1 amide bonds. The molecule has 3 rings (SSSR count). The van der Waals surface area contributed by atoms with E-state index in [-0.39, 0.29) is 5.91 Å². The Bertz CT molecular complexity index is 619. The maximum absolute atomic E-state index is 11.7. The minimum Gasteiger partial charge on any atom is -0.370 e. The van der Waals surface area contributed by atoms with Crippen LogP contribution in [0.3, 0.4) is 0 Å². The van der Waals surface area contributed by atoms with Gasteiger partial charge in [-0.05, 0) is 36.6 Å². The SMILES string of the molecule is NC(=O)c1cccc(-c2ccncc2)c1N1CCCC1. The number of carbonyl (C=O) groups excluding carboxylic acids is 1. The number of nitrogens with zero attached hydrogens (tertiary/aromatic N) is 2. The lowest BCUT2D eigenvalue weighted by atomic mass is 9.99. The van der Waals surface area contributed by atoms with Crippen molar-refractivity contribution in [3.63, 3.8) is 0 Å². The van der Waals surface area contributed by atoms with Crippen molar-refractivity contribution in [2.45, 2.75) is 12.8 Å². The Morgan fingerprint density at radius 1 is 1.10 bits per heavy atom. The fraction of sp³-hybridized carbons (Fsp3) is 0.250. The monoisotopic (exact) mass is 267 g/mol. The molecule has 1 saturated heterocycles. The molecule has 0 spiro atoms. The van der Waals surface area contributed by atoms with E-state index in [0.29, 0.717) is 5.56 Å². The normalized spacial score (nSPS) is 14.5. The van der Waals surface area contributed by atoms with E-state index >= 15 is 0 Å². The number of nitrogens with two attached hydrogens (primary N) is 1. The molecule has 1 aliphatic heterocycles. The first-order valence-electron chi connectivity index (χ1n) is 6.85. The third-order valence-electron chi connectivity index (χ3n) is 3.72. The van der Waals surface area contributed by atoms with Crippen LogP contribution in [0.15, 0.2) is 42.7 Å². The third kappa shape index (κ3) is 2.25. The van der Waals surface area contributed by atoms with Gasteiger partial charge in [0.25, 0.3) is 5.91 Å². The summed E-state index contributed by atoms with van der Waals surface area (Å²) in [4.78, 5) is 18.1. The molecule has 0 atom stereocenters. The summed E-state index contributed by atoms with van der Waals surface area (Å²) in [5, 5.41) is 0. The predicted octanol–water partition coefficient (Wildman–Crippen LogP) is 2.45. The van der Waals surface area contributed by atoms with E-state index in [1.54, 1.807) is 18.5 Å². The maximum atomic E-state index is 11.7. The molecule has 2 aromatic rings. The van der Waals surface area contributed by atoms with E-state index in [1.165, 1.54) is 0 Å². The van der Waals surface area contributed by atoms with Gasteiger partial charge in [-0.25, -0.2) is 0 Å². The number of pyridine rings is 1. The molecule has 0 radical (unpaired) electrons. The molecule has 20 heavy (non-hydrogen) atoms. The topological polar surface area (TPSA) is 59.2 Å². The molecule has 4 nitrogen and oxygen atoms in total. The van der Waals surface area contributed by atoms with Crippen molar-refractivity contribution in [3.05, 3.63) is 48.3 Å². The lowest BCUT2D eigenvalue weighted by Crippen LogP contribution is -2.23. The molecule has 0 aliphatic carbocycles. The molecule has 102 valence electrons. The maximum Gasteiger partial charge on any atom is 0.250 e. The number of anilines is 1. The molecular weight excluding hydrogens is 250 g/mol. The number of hydrogen-bond acceptors (Lipinski definition) is 3. The number of para-hydroxylation sites is 1. The Balaban J connectivity index is 2.18. The van der Waals surface area contributed by atoms with Crippen LogP contribution in [0.4, 0.5) is 5.69 Å². The van der Waals surface area contributed by atoms with Gasteiger partial charge < -0.3 is 10.6 Å². The Labute approximate surface area is 118 Å². The van der Waals surface area contributed by atoms with Crippen LogP contribution in [-0.4, -0.2) is 24.0 Å². The van der Waals surface area contributed by atoms with Crippen LogP contribution in [0.2, 0.25) is 0 Å². The molecule has 2 heterocycles. The second kappa shape index (κ2) is 5.33. The van der Waals surface area contributed by atoms with E-state index < -0.39 is 0 Å². The van der Waals surface area contributed by atoms with Gasteiger partial charge in [-0.3, -0.25) is 9.78 Å². The minimum atomic E-state index is -0.372. The first kappa shape index (κ1) is 12.7. The quantitative estimate of drug-likeness (QED) is 0.929. The summed E-state index contributed by atoms with van der Waals surface area (Å²) in [5.41, 5.74) is 9.22. The van der Waals surface area contributed by atoms with Gasteiger partial charge in [-0.2, -0.15) is 0 Å². The van der Waals surface area contributed by atoms with Crippen molar-refractivity contribution in [1.82, 2.24) is 4.98 Å². The zero-order valence-electron chi connectivity index (χ0n) is 11.2. The number of aromatic nitrogens is 1. The molecule has 0 bridgehead atoms. The van der Waals surface area contributed by atoms with Gasteiger partial charge in [0.2, 0.25) is 0 Å². The fourth-order valence-electron chi connectivity index (χ4n) is 2.79. The van der Waals surface area contributed by atoms with Crippen LogP contribution < -0.4 is 10.6 Å². The van der Waals surface area contributed by atoms with Crippen molar-refractivity contribution in [1.29, 1.82) is 0 Å². The van der Waals surface area contributed by atoms with Crippen molar-refractivity contribution in [3.8, 4) is 11.1 Å². The highest BCUT2D eigenvalue weighted by atomic mass is 16.1. The van der Waals surface area contributed by atoms with Crippen LogP contribution in [0.25, 0.3) is 11.1 Å². The van der Waals surface area contributed by atoms with Crippen LogP contribution in [0.1, 0.15) is 23.2 Å². The fourth-order valence-corrected chi connectivity index (χ4v) is 2.79. The first-order valence-corrected chi connectivity index (χ1v) is 6.85. The van der Waals surface area contributed by atoms with Crippen LogP contribution in [0.5, 0.6) is 0 Å². The molecule has 4 heteroatoms. The number of amides is 1. The first-order chi connectivity index (χ1) is 9.77. The van der Waals surface area contributed by atoms with Crippen molar-refractivity contribution in [2.24, 2.45) is 5.73 Å². The minimum absolute atomic E-state index is 0.372. The number of hydrogen-bond donors (Lipinski definition) is 1. The van der Waals surface area contributed by atoms with E-state index in [9.17, 15) is 4.79 Å². The molecule has 2 N–H and O–H groups in total. The average Bonchev–Trinajstić information content (AvgIpc) is 3.01. The molecule has 0 unspecified atom stereocenters. The predicted molar refractivity (Wildman–Crippen MR) is 79.6 cm³/mol. The lowest BCUT2D eigenvalue weighted by molar-refractivity contribution is 0.100. The summed E-state index contributed by atoms with van der Waals surface area (Å²) in [6.45, 7) is 1.95. The van der Waals surface area contributed by atoms with Gasteiger partial charge in [-0.15, -0.1) is 0 Å². The van der Waals surface area contributed by atoms with E-state index in [4.69, 9.17) is 5.73 Å². The number of primary amides is 1. The van der Waals surface area contributed by atoms with Gasteiger partial charge in [0.05, 0.1) is 11.3 Å². The smallest absolute Gasteiger partial charge is 0.250 e. The average molecular weight is 267 g/mol. The summed E-state index contributed by atoms with van der Waals surface area (Å²) >= 11 is 0. The van der Waals surface area contributed by atoms with Gasteiger partial charge in [0.15, 0.2) is 0 Å². The molecule has 1 aliphatic rings. The highest BCUT2D eigenvalue weighted by molar-refractivity contribution is 6.02. The molecule has 1 aromatic heterocycles. The third-order valence-corrected chi connectivity index (χ3v) is 3.72. The number of carbonyl (C=O) groups is 1. The van der Waals surface area contributed by atoms with E-state index in [0.717, 1.165) is 42.7 Å². The lowest BCUT2D eigenvalue weighted by Gasteiger charge is -2.24. The van der Waals surface area contributed by atoms with Crippen molar-refractivity contribution >= 4 is 11.6 Å².